The number of benzene rings is 3. The molecule has 6 heteroatoms. The van der Waals surface area contributed by atoms with Crippen LogP contribution in [0.5, 0.6) is 11.5 Å². The molecule has 0 fully saturated rings. The molecule has 0 saturated heterocycles. The Morgan fingerprint density at radius 1 is 0.897 bits per heavy atom. The second-order valence-electron chi connectivity index (χ2n) is 9.59. The summed E-state index contributed by atoms with van der Waals surface area (Å²) >= 11 is 1.65. The fourth-order valence-electron chi connectivity index (χ4n) is 4.81. The van der Waals surface area contributed by atoms with E-state index in [-0.39, 0.29) is 5.91 Å². The van der Waals surface area contributed by atoms with Gasteiger partial charge < -0.3 is 14.8 Å². The molecule has 1 amide bonds. The van der Waals surface area contributed by atoms with E-state index in [4.69, 9.17) is 14.5 Å². The summed E-state index contributed by atoms with van der Waals surface area (Å²) < 4.78 is 12.0. The summed E-state index contributed by atoms with van der Waals surface area (Å²) in [7, 11) is 0. The summed E-state index contributed by atoms with van der Waals surface area (Å²) in [5.41, 5.74) is 4.65. The van der Waals surface area contributed by atoms with Gasteiger partial charge in [-0.2, -0.15) is 0 Å². The van der Waals surface area contributed by atoms with E-state index in [1.54, 1.807) is 11.3 Å². The van der Waals surface area contributed by atoms with Gasteiger partial charge in [0.05, 0.1) is 12.2 Å². The van der Waals surface area contributed by atoms with Crippen molar-refractivity contribution in [2.24, 2.45) is 4.99 Å². The van der Waals surface area contributed by atoms with Crippen LogP contribution in [0.1, 0.15) is 64.5 Å². The lowest BCUT2D eigenvalue weighted by atomic mass is 9.96. The van der Waals surface area contributed by atoms with Gasteiger partial charge in [-0.3, -0.25) is 4.79 Å². The van der Waals surface area contributed by atoms with Gasteiger partial charge in [0.2, 0.25) is 0 Å². The van der Waals surface area contributed by atoms with Crippen LogP contribution in [0.15, 0.2) is 83.9 Å². The van der Waals surface area contributed by atoms with Gasteiger partial charge in [-0.25, -0.2) is 4.99 Å². The van der Waals surface area contributed by atoms with Crippen molar-refractivity contribution in [3.8, 4) is 11.5 Å². The standard InChI is InChI=1S/C33H34N2O3S/c1-2-37-29-21-25(19-20-28(29)38-23-24-13-7-5-8-14-24)22-34-33-31(32(36)35-26-15-9-6-10-16-26)27-17-11-3-4-12-18-30(27)39-33/h5-10,13-16,19-22H,2-4,11-12,17-18,23H2,1H3,(H,35,36). The molecule has 1 aromatic heterocycles. The third-order valence-electron chi connectivity index (χ3n) is 6.75. The van der Waals surface area contributed by atoms with Crippen LogP contribution in [-0.2, 0) is 19.4 Å². The van der Waals surface area contributed by atoms with E-state index in [0.717, 1.165) is 47.5 Å². The van der Waals surface area contributed by atoms with E-state index in [1.165, 1.54) is 23.3 Å². The SMILES string of the molecule is CCOc1cc(C=Nc2sc3c(c2C(=O)Nc2ccccc2)CCCCCC3)ccc1OCc1ccccc1. The van der Waals surface area contributed by atoms with Crippen LogP contribution in [0.25, 0.3) is 0 Å². The molecule has 5 rings (SSSR count). The molecule has 0 bridgehead atoms. The highest BCUT2D eigenvalue weighted by molar-refractivity contribution is 7.16. The Kier molecular flexibility index (Phi) is 9.07. The normalized spacial score (nSPS) is 13.4. The zero-order valence-electron chi connectivity index (χ0n) is 22.3. The second kappa shape index (κ2) is 13.3. The van der Waals surface area contributed by atoms with Gasteiger partial charge >= 0.3 is 0 Å². The molecule has 1 aliphatic carbocycles. The van der Waals surface area contributed by atoms with Crippen molar-refractivity contribution in [1.29, 1.82) is 0 Å². The minimum atomic E-state index is -0.0916. The van der Waals surface area contributed by atoms with Crippen LogP contribution in [-0.4, -0.2) is 18.7 Å². The van der Waals surface area contributed by atoms with Gasteiger partial charge in [-0.1, -0.05) is 61.4 Å². The van der Waals surface area contributed by atoms with Gasteiger partial charge in [-0.15, -0.1) is 11.3 Å². The predicted molar refractivity (Wildman–Crippen MR) is 160 cm³/mol. The minimum Gasteiger partial charge on any atom is -0.490 e. The number of anilines is 1. The fraction of sp³-hybridized carbons (Fsp3) is 0.273. The molecule has 39 heavy (non-hydrogen) atoms. The van der Waals surface area contributed by atoms with Crippen molar-refractivity contribution in [2.75, 3.05) is 11.9 Å². The van der Waals surface area contributed by atoms with Crippen LogP contribution < -0.4 is 14.8 Å². The van der Waals surface area contributed by atoms with Crippen LogP contribution in [0, 0.1) is 0 Å². The maximum Gasteiger partial charge on any atom is 0.259 e. The number of carbonyl (C=O) groups is 1. The molecule has 200 valence electrons. The average molecular weight is 539 g/mol. The molecule has 4 aromatic rings. The van der Waals surface area contributed by atoms with E-state index in [1.807, 2.05) is 92.0 Å². The van der Waals surface area contributed by atoms with Crippen molar-refractivity contribution in [1.82, 2.24) is 0 Å². The first kappa shape index (κ1) is 26.7. The first-order chi connectivity index (χ1) is 19.2. The van der Waals surface area contributed by atoms with E-state index < -0.39 is 0 Å². The maximum absolute atomic E-state index is 13.5. The zero-order chi connectivity index (χ0) is 26.9. The van der Waals surface area contributed by atoms with Gasteiger partial charge in [0.15, 0.2) is 11.5 Å². The largest absolute Gasteiger partial charge is 0.490 e. The third-order valence-corrected chi connectivity index (χ3v) is 7.95. The predicted octanol–water partition coefficient (Wildman–Crippen LogP) is 8.39. The Hall–Kier alpha value is -3.90. The van der Waals surface area contributed by atoms with Crippen molar-refractivity contribution in [3.63, 3.8) is 0 Å². The highest BCUT2D eigenvalue weighted by Gasteiger charge is 2.24. The van der Waals surface area contributed by atoms with Crippen molar-refractivity contribution >= 4 is 34.1 Å². The van der Waals surface area contributed by atoms with E-state index in [0.29, 0.717) is 30.3 Å². The summed E-state index contributed by atoms with van der Waals surface area (Å²) in [4.78, 5) is 19.7. The maximum atomic E-state index is 13.5. The number of aryl methyl sites for hydroxylation is 1. The molecule has 0 radical (unpaired) electrons. The molecule has 0 atom stereocenters. The number of ether oxygens (including phenoxy) is 2. The lowest BCUT2D eigenvalue weighted by Gasteiger charge is -2.13. The van der Waals surface area contributed by atoms with Gasteiger partial charge in [0.25, 0.3) is 5.91 Å². The Labute approximate surface area is 234 Å². The summed E-state index contributed by atoms with van der Waals surface area (Å²) in [6, 6.07) is 25.5. The van der Waals surface area contributed by atoms with E-state index >= 15 is 0 Å². The first-order valence-electron chi connectivity index (χ1n) is 13.7. The molecule has 1 N–H and O–H groups in total. The number of hydrogen-bond donors (Lipinski definition) is 1. The van der Waals surface area contributed by atoms with Gasteiger partial charge in [0.1, 0.15) is 11.6 Å². The number of thiophene rings is 1. The van der Waals surface area contributed by atoms with Gasteiger partial charge in [-0.05, 0) is 79.6 Å². The Bertz CT molecular complexity index is 1410. The number of nitrogens with one attached hydrogen (secondary N) is 1. The number of aliphatic imine (C=N–C) groups is 1. The number of hydrogen-bond acceptors (Lipinski definition) is 5. The lowest BCUT2D eigenvalue weighted by molar-refractivity contribution is 0.102. The monoisotopic (exact) mass is 538 g/mol. The average Bonchev–Trinajstić information content (AvgIpc) is 3.28. The molecular formula is C33H34N2O3S. The van der Waals surface area contributed by atoms with Crippen LogP contribution >= 0.6 is 11.3 Å². The van der Waals surface area contributed by atoms with E-state index in [9.17, 15) is 4.79 Å². The minimum absolute atomic E-state index is 0.0916. The fourth-order valence-corrected chi connectivity index (χ4v) is 6.04. The number of rotatable bonds is 9. The topological polar surface area (TPSA) is 59.9 Å². The molecule has 0 spiro atoms. The van der Waals surface area contributed by atoms with Crippen LogP contribution in [0.4, 0.5) is 10.7 Å². The molecule has 1 heterocycles. The molecule has 5 nitrogen and oxygen atoms in total. The Morgan fingerprint density at radius 2 is 1.64 bits per heavy atom. The zero-order valence-corrected chi connectivity index (χ0v) is 23.1. The number of fused-ring (bicyclic) bond motifs is 1. The van der Waals surface area contributed by atoms with Gasteiger partial charge in [0, 0.05) is 16.8 Å². The number of carbonyl (C=O) groups excluding carboxylic acids is 1. The number of nitrogens with zero attached hydrogens (tertiary/aromatic N) is 1. The first-order valence-corrected chi connectivity index (χ1v) is 14.5. The van der Waals surface area contributed by atoms with E-state index in [2.05, 4.69) is 5.32 Å². The third kappa shape index (κ3) is 6.95. The summed E-state index contributed by atoms with van der Waals surface area (Å²) in [5.74, 6) is 1.28. The Balaban J connectivity index is 1.41. The molecule has 3 aromatic carbocycles. The quantitative estimate of drug-likeness (QED) is 0.218. The number of para-hydroxylation sites is 1. The highest BCUT2D eigenvalue weighted by Crippen LogP contribution is 2.39. The van der Waals surface area contributed by atoms with Crippen molar-refractivity contribution in [3.05, 3.63) is 106 Å². The van der Waals surface area contributed by atoms with Crippen LogP contribution in [0.3, 0.4) is 0 Å². The Morgan fingerprint density at radius 3 is 2.41 bits per heavy atom. The summed E-state index contributed by atoms with van der Waals surface area (Å²) in [5, 5.41) is 3.85. The summed E-state index contributed by atoms with van der Waals surface area (Å²) in [6.45, 7) is 2.96. The van der Waals surface area contributed by atoms with Crippen molar-refractivity contribution < 1.29 is 14.3 Å². The van der Waals surface area contributed by atoms with Crippen LogP contribution in [0.2, 0.25) is 0 Å². The lowest BCUT2D eigenvalue weighted by Crippen LogP contribution is -2.14. The highest BCUT2D eigenvalue weighted by atomic mass is 32.1. The van der Waals surface area contributed by atoms with Crippen molar-refractivity contribution in [2.45, 2.75) is 52.1 Å². The number of amides is 1. The molecule has 1 aliphatic rings. The summed E-state index contributed by atoms with van der Waals surface area (Å²) in [6.07, 6.45) is 8.43. The molecule has 0 aliphatic heterocycles. The second-order valence-corrected chi connectivity index (χ2v) is 10.7. The molecule has 0 saturated carbocycles. The molecule has 0 unspecified atom stereocenters. The smallest absolute Gasteiger partial charge is 0.259 e. The molecular weight excluding hydrogens is 504 g/mol.